The first kappa shape index (κ1) is 54.5. The number of hydrogen-bond donors (Lipinski definition) is 3. The molecule has 6 aliphatic rings. The third-order valence-corrected chi connectivity index (χ3v) is 17.0. The predicted octanol–water partition coefficient (Wildman–Crippen LogP) is 7.85. The third kappa shape index (κ3) is 12.8. The number of benzene rings is 2. The van der Waals surface area contributed by atoms with Crippen LogP contribution in [0.1, 0.15) is 86.7 Å². The monoisotopic (exact) mass is 1090 g/mol. The Balaban J connectivity index is 0.000000182. The maximum absolute atomic E-state index is 12.7. The summed E-state index contributed by atoms with van der Waals surface area (Å²) in [5, 5.41) is 19.4. The Morgan fingerprint density at radius 3 is 1.49 bits per heavy atom. The standard InChI is InChI=1S/C28H36Cl2N6O2.C27H36Cl2N6O/c1-3-22-18-35(27-24(30)16-20(17-33-27)26-31-10-11-32-26)14-15-36(22)23-8-12-34(13-9-23)25(28(37)38-2)19-4-6-21(29)7-5-19;1-2-22-17-34(27-24(29)15-20(16-32-27)26-30-9-10-31-26)13-14-35(22)23-7-11-33(12-8-23)25(18-36)19-3-5-21(28)6-4-19/h4-7,16-17,22-23,25H,3,8-15,18H2,1-2H3,(H,31,32);3-6,15-16,22-23,25,36H,2,7-14,17-18H2,1H3,(H,30,31)/t2*22-,25?/m00/s1. The molecule has 4 atom stereocenters. The molecule has 19 heteroatoms. The number of piperazine rings is 2. The first-order valence-corrected chi connectivity index (χ1v) is 28.1. The molecule has 2 unspecified atom stereocenters. The number of aliphatic imine (C=N–C) groups is 2. The highest BCUT2D eigenvalue weighted by atomic mass is 35.5. The van der Waals surface area contributed by atoms with E-state index < -0.39 is 6.04 Å². The van der Waals surface area contributed by atoms with Gasteiger partial charge >= 0.3 is 5.97 Å². The Hall–Kier alpha value is -4.29. The normalized spacial score (nSPS) is 22.5. The van der Waals surface area contributed by atoms with Crippen LogP contribution in [0.15, 0.2) is 83.0 Å². The van der Waals surface area contributed by atoms with Crippen LogP contribution in [0, 0.1) is 0 Å². The number of halogens is 4. The van der Waals surface area contributed by atoms with Crippen molar-refractivity contribution in [2.45, 2.75) is 88.6 Å². The molecule has 8 heterocycles. The Kier molecular flexibility index (Phi) is 18.9. The van der Waals surface area contributed by atoms with Crippen molar-refractivity contribution < 1.29 is 14.6 Å². The minimum Gasteiger partial charge on any atom is -0.468 e. The molecule has 398 valence electrons. The number of carbonyl (C=O) groups excluding carboxylic acids is 1. The number of carbonyl (C=O) groups is 1. The highest BCUT2D eigenvalue weighted by Crippen LogP contribution is 2.35. The molecule has 74 heavy (non-hydrogen) atoms. The van der Waals surface area contributed by atoms with Gasteiger partial charge in [-0.25, -0.2) is 14.8 Å². The number of rotatable bonds is 14. The van der Waals surface area contributed by atoms with Crippen molar-refractivity contribution in [3.63, 3.8) is 0 Å². The zero-order chi connectivity index (χ0) is 51.7. The summed E-state index contributed by atoms with van der Waals surface area (Å²) in [7, 11) is 1.46. The molecular formula is C55H72Cl4N12O3. The van der Waals surface area contributed by atoms with E-state index in [1.165, 1.54) is 7.11 Å². The number of amidine groups is 2. The summed E-state index contributed by atoms with van der Waals surface area (Å²) in [6, 6.07) is 20.9. The number of anilines is 2. The Morgan fingerprint density at radius 1 is 0.649 bits per heavy atom. The second-order valence-electron chi connectivity index (χ2n) is 20.1. The summed E-state index contributed by atoms with van der Waals surface area (Å²) in [4.78, 5) is 45.9. The van der Waals surface area contributed by atoms with Gasteiger partial charge in [-0.15, -0.1) is 0 Å². The fraction of sp³-hybridized carbons (Fsp3) is 0.545. The van der Waals surface area contributed by atoms with Gasteiger partial charge in [0.15, 0.2) is 0 Å². The van der Waals surface area contributed by atoms with Crippen LogP contribution in [0.3, 0.4) is 0 Å². The minimum atomic E-state index is -0.404. The molecule has 0 bridgehead atoms. The molecule has 4 saturated heterocycles. The number of aliphatic hydroxyl groups excluding tert-OH is 1. The molecule has 0 aliphatic carbocycles. The smallest absolute Gasteiger partial charge is 0.327 e. The molecule has 0 spiro atoms. The van der Waals surface area contributed by atoms with Gasteiger partial charge < -0.3 is 30.3 Å². The Bertz CT molecular complexity index is 2560. The summed E-state index contributed by atoms with van der Waals surface area (Å²) in [5.74, 6) is 3.26. The minimum absolute atomic E-state index is 0.0311. The molecule has 2 aromatic heterocycles. The Morgan fingerprint density at radius 2 is 1.09 bits per heavy atom. The highest BCUT2D eigenvalue weighted by molar-refractivity contribution is 6.34. The molecule has 0 saturated carbocycles. The van der Waals surface area contributed by atoms with Crippen molar-refractivity contribution in [3.8, 4) is 0 Å². The van der Waals surface area contributed by atoms with Gasteiger partial charge in [-0.05, 0) is 86.1 Å². The molecule has 4 aromatic rings. The lowest BCUT2D eigenvalue weighted by Crippen LogP contribution is -2.58. The zero-order valence-electron chi connectivity index (χ0n) is 43.0. The van der Waals surface area contributed by atoms with E-state index >= 15 is 0 Å². The van der Waals surface area contributed by atoms with Crippen LogP contribution in [0.5, 0.6) is 0 Å². The van der Waals surface area contributed by atoms with Crippen LogP contribution in [-0.2, 0) is 9.53 Å². The number of methoxy groups -OCH3 is 1. The highest BCUT2D eigenvalue weighted by Gasteiger charge is 2.39. The molecule has 2 aromatic carbocycles. The van der Waals surface area contributed by atoms with E-state index in [1.54, 1.807) is 0 Å². The van der Waals surface area contributed by atoms with Gasteiger partial charge in [0.05, 0.1) is 42.9 Å². The van der Waals surface area contributed by atoms with Crippen molar-refractivity contribution >= 4 is 75.7 Å². The lowest BCUT2D eigenvalue weighted by Gasteiger charge is -2.48. The van der Waals surface area contributed by atoms with Crippen LogP contribution in [-0.4, -0.2) is 182 Å². The zero-order valence-corrected chi connectivity index (χ0v) is 46.0. The largest absolute Gasteiger partial charge is 0.468 e. The molecular weight excluding hydrogens is 1020 g/mol. The van der Waals surface area contributed by atoms with Crippen LogP contribution in [0.25, 0.3) is 0 Å². The first-order chi connectivity index (χ1) is 36.0. The van der Waals surface area contributed by atoms with Crippen molar-refractivity contribution in [1.82, 2.24) is 40.2 Å². The molecule has 0 amide bonds. The number of ether oxygens (including phenoxy) is 1. The average Bonchev–Trinajstić information content (AvgIpc) is 4.20. The summed E-state index contributed by atoms with van der Waals surface area (Å²) >= 11 is 25.6. The fourth-order valence-electron chi connectivity index (χ4n) is 12.0. The number of aromatic nitrogens is 2. The molecule has 6 aliphatic heterocycles. The molecule has 3 N–H and O–H groups in total. The van der Waals surface area contributed by atoms with E-state index in [0.29, 0.717) is 39.2 Å². The van der Waals surface area contributed by atoms with Gasteiger partial charge in [-0.1, -0.05) is 84.5 Å². The summed E-state index contributed by atoms with van der Waals surface area (Å²) in [5.41, 5.74) is 3.95. The molecule has 10 rings (SSSR count). The van der Waals surface area contributed by atoms with Crippen molar-refractivity contribution in [3.05, 3.63) is 115 Å². The van der Waals surface area contributed by atoms with E-state index in [1.807, 2.05) is 73.1 Å². The summed E-state index contributed by atoms with van der Waals surface area (Å²) in [6.07, 6.45) is 10.2. The third-order valence-electron chi connectivity index (χ3n) is 15.9. The lowest BCUT2D eigenvalue weighted by molar-refractivity contribution is -0.148. The second-order valence-corrected chi connectivity index (χ2v) is 21.8. The van der Waals surface area contributed by atoms with Gasteiger partial charge in [-0.3, -0.25) is 29.6 Å². The second kappa shape index (κ2) is 25.7. The molecule has 15 nitrogen and oxygen atoms in total. The van der Waals surface area contributed by atoms with Crippen molar-refractivity contribution in [2.24, 2.45) is 9.98 Å². The number of esters is 1. The number of pyridine rings is 2. The molecule has 0 radical (unpaired) electrons. The average molecular weight is 1090 g/mol. The van der Waals surface area contributed by atoms with Crippen molar-refractivity contribution in [2.75, 3.05) is 115 Å². The van der Waals surface area contributed by atoms with E-state index in [2.05, 4.69) is 63.9 Å². The maximum atomic E-state index is 12.7. The summed E-state index contributed by atoms with van der Waals surface area (Å²) in [6.45, 7) is 17.3. The van der Waals surface area contributed by atoms with E-state index in [9.17, 15) is 9.90 Å². The lowest BCUT2D eigenvalue weighted by atomic mass is 9.95. The SMILES string of the molecule is CC[C@H]1CN(c2ncc(C3=NCCN3)cc2Cl)CCN1C1CCN(C(C(=O)OC)c2ccc(Cl)cc2)CC1.CC[C@H]1CN(c2ncc(C3=NCCN3)cc2Cl)CCN1C1CCN(C(CO)c2ccc(Cl)cc2)CC1. The predicted molar refractivity (Wildman–Crippen MR) is 300 cm³/mol. The number of nitrogens with one attached hydrogen (secondary N) is 2. The van der Waals surface area contributed by atoms with E-state index in [-0.39, 0.29) is 18.6 Å². The van der Waals surface area contributed by atoms with Gasteiger partial charge in [0.25, 0.3) is 0 Å². The maximum Gasteiger partial charge on any atom is 0.327 e. The van der Waals surface area contributed by atoms with Crippen LogP contribution in [0.2, 0.25) is 20.1 Å². The van der Waals surface area contributed by atoms with Gasteiger partial charge in [0.2, 0.25) is 0 Å². The number of aliphatic hydroxyl groups is 1. The quantitative estimate of drug-likeness (QED) is 0.106. The molecule has 4 fully saturated rings. The van der Waals surface area contributed by atoms with Gasteiger partial charge in [-0.2, -0.15) is 0 Å². The van der Waals surface area contributed by atoms with Crippen LogP contribution < -0.4 is 20.4 Å². The number of likely N-dealkylation sites (tertiary alicyclic amines) is 2. The van der Waals surface area contributed by atoms with Crippen molar-refractivity contribution in [1.29, 1.82) is 0 Å². The number of hydrogen-bond acceptors (Lipinski definition) is 15. The first-order valence-electron chi connectivity index (χ1n) is 26.6. The van der Waals surface area contributed by atoms with Crippen LogP contribution >= 0.6 is 46.4 Å². The number of piperidine rings is 2. The number of nitrogens with zero attached hydrogens (tertiary/aromatic N) is 10. The van der Waals surface area contributed by atoms with Gasteiger partial charge in [0.1, 0.15) is 29.3 Å². The van der Waals surface area contributed by atoms with E-state index in [0.717, 1.165) is 181 Å². The van der Waals surface area contributed by atoms with E-state index in [4.69, 9.17) is 61.1 Å². The Labute approximate surface area is 457 Å². The summed E-state index contributed by atoms with van der Waals surface area (Å²) < 4.78 is 5.17. The fourth-order valence-corrected chi connectivity index (χ4v) is 12.8. The van der Waals surface area contributed by atoms with Gasteiger partial charge in [0, 0.05) is 136 Å². The topological polar surface area (TPSA) is 141 Å². The van der Waals surface area contributed by atoms with Crippen LogP contribution in [0.4, 0.5) is 11.6 Å².